The van der Waals surface area contributed by atoms with Gasteiger partial charge in [0.05, 0.1) is 0 Å². The first-order valence-corrected chi connectivity index (χ1v) is 5.41. The van der Waals surface area contributed by atoms with E-state index in [1.807, 2.05) is 0 Å². The summed E-state index contributed by atoms with van der Waals surface area (Å²) in [5.41, 5.74) is 1.68. The second-order valence-corrected chi connectivity index (χ2v) is 4.86. The van der Waals surface area contributed by atoms with Crippen LogP contribution in [0.15, 0.2) is 29.2 Å². The van der Waals surface area contributed by atoms with Crippen LogP contribution in [0.25, 0.3) is 0 Å². The third-order valence-corrected chi connectivity index (χ3v) is 2.70. The molecule has 0 aliphatic heterocycles. The van der Waals surface area contributed by atoms with Crippen molar-refractivity contribution in [2.45, 2.75) is 31.1 Å². The molecular formula is C11H16Br2MgS. The molecule has 0 aliphatic carbocycles. The average molecular weight is 364 g/mol. The number of rotatable bonds is 1. The Morgan fingerprint density at radius 3 is 1.60 bits per heavy atom. The Labute approximate surface area is 135 Å². The van der Waals surface area contributed by atoms with Crippen molar-refractivity contribution in [1.29, 1.82) is 0 Å². The van der Waals surface area contributed by atoms with Crippen LogP contribution in [0.4, 0.5) is 0 Å². The molecular weight excluding hydrogens is 348 g/mol. The van der Waals surface area contributed by atoms with Gasteiger partial charge < -0.3 is 34.0 Å². The summed E-state index contributed by atoms with van der Waals surface area (Å²) in [7, 11) is 0. The summed E-state index contributed by atoms with van der Waals surface area (Å²) in [6.07, 6.45) is 2.10. The molecule has 0 saturated carbocycles. The van der Waals surface area contributed by atoms with E-state index >= 15 is 0 Å². The third-order valence-electron chi connectivity index (χ3n) is 1.96. The molecule has 0 heterocycles. The number of thioether (sulfide) groups is 1. The molecule has 0 nitrogen and oxygen atoms in total. The fourth-order valence-corrected chi connectivity index (χ4v) is 1.50. The Kier molecular flexibility index (Phi) is 13.4. The minimum absolute atomic E-state index is 0. The van der Waals surface area contributed by atoms with Crippen LogP contribution in [-0.4, -0.2) is 29.3 Å². The second-order valence-electron chi connectivity index (χ2n) is 3.98. The maximum absolute atomic E-state index is 2.24. The van der Waals surface area contributed by atoms with Crippen molar-refractivity contribution in [3.05, 3.63) is 29.8 Å². The number of benzene rings is 1. The zero-order valence-electron chi connectivity index (χ0n) is 9.68. The van der Waals surface area contributed by atoms with Crippen molar-refractivity contribution in [2.24, 2.45) is 0 Å². The molecule has 1 rings (SSSR count). The maximum atomic E-state index is 2.24. The molecule has 0 spiro atoms. The van der Waals surface area contributed by atoms with Crippen LogP contribution in [0.3, 0.4) is 0 Å². The van der Waals surface area contributed by atoms with Gasteiger partial charge in [0.2, 0.25) is 0 Å². The normalized spacial score (nSPS) is 9.33. The zero-order valence-corrected chi connectivity index (χ0v) is 15.1. The van der Waals surface area contributed by atoms with E-state index in [2.05, 4.69) is 51.3 Å². The number of halogens is 2. The Hall–Kier alpha value is 1.30. The molecule has 0 radical (unpaired) electrons. The molecule has 0 saturated heterocycles. The minimum Gasteiger partial charge on any atom is -1.00 e. The minimum atomic E-state index is 0. The summed E-state index contributed by atoms with van der Waals surface area (Å²) in [6, 6.07) is 8.80. The van der Waals surface area contributed by atoms with Crippen molar-refractivity contribution in [2.75, 3.05) is 6.26 Å². The first kappa shape index (κ1) is 21.6. The van der Waals surface area contributed by atoms with E-state index in [0.717, 1.165) is 0 Å². The largest absolute Gasteiger partial charge is 2.00 e. The fraction of sp³-hybridized carbons (Fsp3) is 0.455. The molecule has 0 N–H and O–H groups in total. The van der Waals surface area contributed by atoms with E-state index in [4.69, 9.17) is 0 Å². The topological polar surface area (TPSA) is 0 Å². The van der Waals surface area contributed by atoms with Crippen LogP contribution in [-0.2, 0) is 5.41 Å². The zero-order chi connectivity index (χ0) is 9.19. The van der Waals surface area contributed by atoms with E-state index in [1.165, 1.54) is 10.5 Å². The van der Waals surface area contributed by atoms with Gasteiger partial charge in [0, 0.05) is 4.90 Å². The predicted octanol–water partition coefficient (Wildman–Crippen LogP) is -2.67. The molecule has 82 valence electrons. The van der Waals surface area contributed by atoms with Crippen LogP contribution in [0.1, 0.15) is 26.3 Å². The number of hydrogen-bond donors (Lipinski definition) is 0. The van der Waals surface area contributed by atoms with Gasteiger partial charge in [-0.05, 0) is 29.4 Å². The Morgan fingerprint density at radius 1 is 0.933 bits per heavy atom. The summed E-state index contributed by atoms with van der Waals surface area (Å²) >= 11 is 1.79. The molecule has 0 atom stereocenters. The Balaban J connectivity index is -0.000000480. The van der Waals surface area contributed by atoms with Gasteiger partial charge in [0.1, 0.15) is 0 Å². The van der Waals surface area contributed by atoms with Gasteiger partial charge in [0.25, 0.3) is 0 Å². The standard InChI is InChI=1S/C11H16S.2BrH.Mg/c1-11(2,3)9-5-7-10(12-4)8-6-9;;;/h5-8H,1-4H3;2*1H;/q;;;+2/p-2. The molecule has 0 fully saturated rings. The molecule has 0 amide bonds. The molecule has 0 aliphatic rings. The fourth-order valence-electron chi connectivity index (χ4n) is 1.09. The first-order chi connectivity index (χ1) is 5.54. The molecule has 1 aromatic carbocycles. The van der Waals surface area contributed by atoms with Crippen molar-refractivity contribution in [1.82, 2.24) is 0 Å². The summed E-state index contributed by atoms with van der Waals surface area (Å²) in [4.78, 5) is 1.34. The average Bonchev–Trinajstić information content (AvgIpc) is 2.03. The molecule has 0 aromatic heterocycles. The van der Waals surface area contributed by atoms with Crippen LogP contribution in [0.2, 0.25) is 0 Å². The molecule has 4 heteroatoms. The van der Waals surface area contributed by atoms with Crippen molar-refractivity contribution >= 4 is 34.8 Å². The van der Waals surface area contributed by atoms with E-state index in [1.54, 1.807) is 11.8 Å². The molecule has 0 bridgehead atoms. The summed E-state index contributed by atoms with van der Waals surface area (Å²) in [5.74, 6) is 0. The summed E-state index contributed by atoms with van der Waals surface area (Å²) in [6.45, 7) is 6.71. The van der Waals surface area contributed by atoms with Crippen LogP contribution in [0, 0.1) is 0 Å². The van der Waals surface area contributed by atoms with E-state index in [9.17, 15) is 0 Å². The van der Waals surface area contributed by atoms with Gasteiger partial charge in [-0.1, -0.05) is 32.9 Å². The SMILES string of the molecule is CSc1ccc(C(C)(C)C)cc1.[Br-].[Br-].[Mg+2]. The summed E-state index contributed by atoms with van der Waals surface area (Å²) < 4.78 is 0. The van der Waals surface area contributed by atoms with Crippen molar-refractivity contribution in [3.8, 4) is 0 Å². The Morgan fingerprint density at radius 2 is 1.33 bits per heavy atom. The predicted molar refractivity (Wildman–Crippen MR) is 62.7 cm³/mol. The van der Waals surface area contributed by atoms with Gasteiger partial charge >= 0.3 is 23.1 Å². The quantitative estimate of drug-likeness (QED) is 0.387. The van der Waals surface area contributed by atoms with Gasteiger partial charge in [0.15, 0.2) is 0 Å². The van der Waals surface area contributed by atoms with Crippen molar-refractivity contribution < 1.29 is 34.0 Å². The van der Waals surface area contributed by atoms with Gasteiger partial charge in [-0.2, -0.15) is 0 Å². The summed E-state index contributed by atoms with van der Waals surface area (Å²) in [5, 5.41) is 0. The third kappa shape index (κ3) is 7.26. The Bertz CT molecular complexity index is 254. The first-order valence-electron chi connectivity index (χ1n) is 4.18. The van der Waals surface area contributed by atoms with Crippen molar-refractivity contribution in [3.63, 3.8) is 0 Å². The van der Waals surface area contributed by atoms with Crippen LogP contribution in [0.5, 0.6) is 0 Å². The smallest absolute Gasteiger partial charge is 1.00 e. The van der Waals surface area contributed by atoms with E-state index in [0.29, 0.717) is 0 Å². The van der Waals surface area contributed by atoms with Gasteiger partial charge in [-0.25, -0.2) is 0 Å². The molecule has 1 aromatic rings. The number of hydrogen-bond acceptors (Lipinski definition) is 1. The monoisotopic (exact) mass is 362 g/mol. The molecule has 15 heavy (non-hydrogen) atoms. The molecule has 0 unspecified atom stereocenters. The van der Waals surface area contributed by atoms with E-state index < -0.39 is 0 Å². The second kappa shape index (κ2) is 9.34. The van der Waals surface area contributed by atoms with E-state index in [-0.39, 0.29) is 62.4 Å². The van der Waals surface area contributed by atoms with Crippen LogP contribution < -0.4 is 34.0 Å². The van der Waals surface area contributed by atoms with Gasteiger partial charge in [-0.3, -0.25) is 0 Å². The van der Waals surface area contributed by atoms with Gasteiger partial charge in [-0.15, -0.1) is 11.8 Å². The van der Waals surface area contributed by atoms with Crippen LogP contribution >= 0.6 is 11.8 Å². The maximum Gasteiger partial charge on any atom is 2.00 e.